The Hall–Kier alpha value is -3.12. The van der Waals surface area contributed by atoms with E-state index in [4.69, 9.17) is 9.47 Å². The van der Waals surface area contributed by atoms with Crippen molar-refractivity contribution in [2.45, 2.75) is 39.5 Å². The summed E-state index contributed by atoms with van der Waals surface area (Å²) in [7, 11) is 0. The van der Waals surface area contributed by atoms with Gasteiger partial charge in [-0.2, -0.15) is 0 Å². The van der Waals surface area contributed by atoms with Crippen LogP contribution in [0.15, 0.2) is 60.7 Å². The molecule has 2 fully saturated rings. The summed E-state index contributed by atoms with van der Waals surface area (Å²) in [5, 5.41) is 2.98. The second-order valence-electron chi connectivity index (χ2n) is 9.66. The monoisotopic (exact) mass is 476 g/mol. The molecule has 0 aromatic heterocycles. The Morgan fingerprint density at radius 3 is 2.66 bits per heavy atom. The second-order valence-corrected chi connectivity index (χ2v) is 9.66. The number of nitrogens with zero attached hydrogens (tertiary/aromatic N) is 1. The summed E-state index contributed by atoms with van der Waals surface area (Å²) in [6, 6.07) is 15.5. The van der Waals surface area contributed by atoms with Gasteiger partial charge >= 0.3 is 5.97 Å². The van der Waals surface area contributed by atoms with Crippen LogP contribution >= 0.6 is 0 Å². The third-order valence-corrected chi connectivity index (χ3v) is 7.34. The van der Waals surface area contributed by atoms with Gasteiger partial charge in [-0.05, 0) is 56.1 Å². The number of hydrogen-bond acceptors (Lipinski definition) is 5. The van der Waals surface area contributed by atoms with E-state index in [9.17, 15) is 9.59 Å². The molecule has 1 heterocycles. The van der Waals surface area contributed by atoms with Crippen LogP contribution < -0.4 is 10.1 Å². The smallest absolute Gasteiger partial charge is 0.313 e. The lowest BCUT2D eigenvalue weighted by atomic mass is 9.75. The fraction of sp³-hybridized carbons (Fsp3) is 0.448. The van der Waals surface area contributed by atoms with E-state index in [0.717, 1.165) is 54.2 Å². The van der Waals surface area contributed by atoms with Crippen LogP contribution in [0, 0.1) is 11.3 Å². The molecule has 1 aliphatic heterocycles. The predicted octanol–water partition coefficient (Wildman–Crippen LogP) is 4.64. The summed E-state index contributed by atoms with van der Waals surface area (Å²) in [4.78, 5) is 27.6. The van der Waals surface area contributed by atoms with Gasteiger partial charge in [-0.1, -0.05) is 56.3 Å². The van der Waals surface area contributed by atoms with Gasteiger partial charge in [-0.3, -0.25) is 9.59 Å². The molecule has 0 bridgehead atoms. The number of anilines is 1. The molecular formula is C29H36N2O4. The number of likely N-dealkylation sites (N-methyl/N-ethyl adjacent to an activating group) is 1. The van der Waals surface area contributed by atoms with Crippen LogP contribution in [0.3, 0.4) is 0 Å². The average Bonchev–Trinajstić information content (AvgIpc) is 3.32. The van der Waals surface area contributed by atoms with Gasteiger partial charge < -0.3 is 19.7 Å². The van der Waals surface area contributed by atoms with Gasteiger partial charge in [0.15, 0.2) is 0 Å². The topological polar surface area (TPSA) is 67.9 Å². The molecule has 1 aliphatic carbocycles. The molecule has 2 atom stereocenters. The van der Waals surface area contributed by atoms with Crippen LogP contribution in [0.1, 0.15) is 37.8 Å². The van der Waals surface area contributed by atoms with Crippen molar-refractivity contribution >= 4 is 17.6 Å². The molecule has 1 saturated carbocycles. The number of ether oxygens (including phenoxy) is 2. The van der Waals surface area contributed by atoms with Crippen LogP contribution in [0.2, 0.25) is 0 Å². The van der Waals surface area contributed by atoms with Crippen LogP contribution in [0.5, 0.6) is 5.75 Å². The zero-order chi connectivity index (χ0) is 24.8. The van der Waals surface area contributed by atoms with Gasteiger partial charge in [-0.25, -0.2) is 0 Å². The number of fused-ring (bicyclic) bond motifs is 1. The Balaban J connectivity index is 1.33. The van der Waals surface area contributed by atoms with E-state index in [1.54, 1.807) is 0 Å². The summed E-state index contributed by atoms with van der Waals surface area (Å²) in [6.45, 7) is 12.3. The van der Waals surface area contributed by atoms with Gasteiger partial charge in [-0.15, -0.1) is 0 Å². The van der Waals surface area contributed by atoms with E-state index in [1.807, 2.05) is 48.5 Å². The van der Waals surface area contributed by atoms with E-state index in [-0.39, 0.29) is 24.2 Å². The standard InChI is InChI=1S/C29H36N2O4/c1-4-31(5-2)14-15-34-26-9-7-6-8-23(26)17-27(32)30-25-12-10-22(11-13-25)19-29-18-21(3)16-24(29)20-35-28(29)33/h6-13,24H,3-5,14-20H2,1-2H3,(H,30,32). The minimum Gasteiger partial charge on any atom is -0.492 e. The molecule has 35 heavy (non-hydrogen) atoms. The summed E-state index contributed by atoms with van der Waals surface area (Å²) in [6.07, 6.45) is 2.44. The highest BCUT2D eigenvalue weighted by Gasteiger charge is 2.55. The fourth-order valence-electron chi connectivity index (χ4n) is 5.33. The summed E-state index contributed by atoms with van der Waals surface area (Å²) < 4.78 is 11.4. The molecule has 2 aromatic carbocycles. The molecule has 2 aromatic rings. The van der Waals surface area contributed by atoms with Gasteiger partial charge in [0.05, 0.1) is 18.4 Å². The highest BCUT2D eigenvalue weighted by molar-refractivity contribution is 5.92. The number of carbonyl (C=O) groups excluding carboxylic acids is 2. The summed E-state index contributed by atoms with van der Waals surface area (Å²) in [5.41, 5.74) is 3.32. The highest BCUT2D eigenvalue weighted by Crippen LogP contribution is 2.52. The number of rotatable bonds is 11. The lowest BCUT2D eigenvalue weighted by Crippen LogP contribution is -2.31. The van der Waals surface area contributed by atoms with Crippen LogP contribution in [0.25, 0.3) is 0 Å². The molecule has 2 aliphatic rings. The number of amides is 1. The van der Waals surface area contributed by atoms with Crippen molar-refractivity contribution < 1.29 is 19.1 Å². The average molecular weight is 477 g/mol. The second kappa shape index (κ2) is 11.1. The van der Waals surface area contributed by atoms with E-state index in [2.05, 4.69) is 30.6 Å². The summed E-state index contributed by atoms with van der Waals surface area (Å²) >= 11 is 0. The van der Waals surface area contributed by atoms with Crippen LogP contribution in [0.4, 0.5) is 5.69 Å². The Morgan fingerprint density at radius 1 is 1.17 bits per heavy atom. The molecule has 6 nitrogen and oxygen atoms in total. The molecule has 1 saturated heterocycles. The van der Waals surface area contributed by atoms with Crippen molar-refractivity contribution in [3.8, 4) is 5.75 Å². The molecule has 6 heteroatoms. The first kappa shape index (κ1) is 25.0. The predicted molar refractivity (Wildman–Crippen MR) is 137 cm³/mol. The maximum Gasteiger partial charge on any atom is 0.313 e. The van der Waals surface area contributed by atoms with E-state index < -0.39 is 5.41 Å². The van der Waals surface area contributed by atoms with Crippen LogP contribution in [-0.2, 0) is 27.2 Å². The molecule has 2 unspecified atom stereocenters. The van der Waals surface area contributed by atoms with Crippen molar-refractivity contribution in [2.75, 3.05) is 38.2 Å². The Bertz CT molecular complexity index is 1060. The van der Waals surface area contributed by atoms with E-state index >= 15 is 0 Å². The first-order chi connectivity index (χ1) is 16.9. The number of allylic oxidation sites excluding steroid dienone is 1. The van der Waals surface area contributed by atoms with E-state index in [0.29, 0.717) is 26.1 Å². The Labute approximate surface area is 208 Å². The van der Waals surface area contributed by atoms with Gasteiger partial charge in [0.25, 0.3) is 0 Å². The third kappa shape index (κ3) is 5.76. The maximum absolute atomic E-state index is 12.8. The SMILES string of the molecule is C=C1CC2COC(=O)C2(Cc2ccc(NC(=O)Cc3ccccc3OCCN(CC)CC)cc2)C1. The first-order valence-corrected chi connectivity index (χ1v) is 12.6. The molecular weight excluding hydrogens is 440 g/mol. The highest BCUT2D eigenvalue weighted by atomic mass is 16.5. The fourth-order valence-corrected chi connectivity index (χ4v) is 5.33. The lowest BCUT2D eigenvalue weighted by Gasteiger charge is -2.24. The Kier molecular flexibility index (Phi) is 7.91. The van der Waals surface area contributed by atoms with Gasteiger partial charge in [0.2, 0.25) is 5.91 Å². The summed E-state index contributed by atoms with van der Waals surface area (Å²) in [5.74, 6) is 0.774. The molecule has 4 rings (SSSR count). The van der Waals surface area contributed by atoms with Gasteiger partial charge in [0, 0.05) is 23.7 Å². The quantitative estimate of drug-likeness (QED) is 0.378. The van der Waals surface area contributed by atoms with Crippen molar-refractivity contribution in [1.29, 1.82) is 0 Å². The minimum atomic E-state index is -0.475. The number of esters is 1. The number of cyclic esters (lactones) is 1. The van der Waals surface area contributed by atoms with Crippen molar-refractivity contribution in [1.82, 2.24) is 4.90 Å². The number of carbonyl (C=O) groups is 2. The van der Waals surface area contributed by atoms with E-state index in [1.165, 1.54) is 0 Å². The number of para-hydroxylation sites is 1. The van der Waals surface area contributed by atoms with Crippen molar-refractivity contribution in [2.24, 2.45) is 11.3 Å². The number of hydrogen-bond donors (Lipinski definition) is 1. The number of benzene rings is 2. The number of nitrogens with one attached hydrogen (secondary N) is 1. The molecule has 1 amide bonds. The zero-order valence-electron chi connectivity index (χ0n) is 20.8. The molecule has 186 valence electrons. The zero-order valence-corrected chi connectivity index (χ0v) is 20.8. The lowest BCUT2D eigenvalue weighted by molar-refractivity contribution is -0.146. The normalized spacial score (nSPS) is 21.2. The van der Waals surface area contributed by atoms with Crippen molar-refractivity contribution in [3.63, 3.8) is 0 Å². The largest absolute Gasteiger partial charge is 0.492 e. The van der Waals surface area contributed by atoms with Crippen molar-refractivity contribution in [3.05, 3.63) is 71.8 Å². The third-order valence-electron chi connectivity index (χ3n) is 7.34. The first-order valence-electron chi connectivity index (χ1n) is 12.6. The minimum absolute atomic E-state index is 0.0948. The van der Waals surface area contributed by atoms with Gasteiger partial charge in [0.1, 0.15) is 12.4 Å². The Morgan fingerprint density at radius 2 is 1.91 bits per heavy atom. The molecule has 0 radical (unpaired) electrons. The molecule has 1 N–H and O–H groups in total. The molecule has 0 spiro atoms. The maximum atomic E-state index is 12.8. The van der Waals surface area contributed by atoms with Crippen LogP contribution in [-0.4, -0.2) is 49.6 Å².